The molecule has 1 aliphatic heterocycles. The van der Waals surface area contributed by atoms with E-state index >= 15 is 0 Å². The first-order chi connectivity index (χ1) is 13.3. The van der Waals surface area contributed by atoms with E-state index < -0.39 is 5.82 Å². The zero-order valence-electron chi connectivity index (χ0n) is 17.2. The highest BCUT2D eigenvalue weighted by Crippen LogP contribution is 2.28. The summed E-state index contributed by atoms with van der Waals surface area (Å²) in [5, 5.41) is 0.326. The third kappa shape index (κ3) is 4.24. The van der Waals surface area contributed by atoms with E-state index in [-0.39, 0.29) is 16.6 Å². The van der Waals surface area contributed by atoms with Gasteiger partial charge in [0.05, 0.1) is 22.0 Å². The molecule has 0 bridgehead atoms. The quantitative estimate of drug-likeness (QED) is 0.751. The van der Waals surface area contributed by atoms with E-state index in [1.54, 1.807) is 4.57 Å². The smallest absolute Gasteiger partial charge is 0.261 e. The Kier molecular flexibility index (Phi) is 6.73. The Morgan fingerprint density at radius 2 is 2.04 bits per heavy atom. The first-order valence-corrected chi connectivity index (χ1v) is 10.6. The molecule has 1 fully saturated rings. The minimum absolute atomic E-state index is 0.0368. The molecule has 1 saturated heterocycles. The highest BCUT2D eigenvalue weighted by Gasteiger charge is 2.28. The van der Waals surface area contributed by atoms with Gasteiger partial charge in [-0.1, -0.05) is 31.9 Å². The lowest BCUT2D eigenvalue weighted by Gasteiger charge is -2.32. The molecule has 0 amide bonds. The fourth-order valence-electron chi connectivity index (χ4n) is 4.30. The van der Waals surface area contributed by atoms with Crippen molar-refractivity contribution in [2.75, 3.05) is 33.2 Å². The highest BCUT2D eigenvalue weighted by molar-refractivity contribution is 6.31. The second-order valence-electron chi connectivity index (χ2n) is 7.97. The number of halogens is 2. The van der Waals surface area contributed by atoms with Gasteiger partial charge in [0.1, 0.15) is 11.6 Å². The Bertz CT molecular complexity index is 900. The fraction of sp³-hybridized carbons (Fsp3) is 0.619. The molecule has 1 aliphatic rings. The van der Waals surface area contributed by atoms with Crippen LogP contribution in [0.4, 0.5) is 4.39 Å². The van der Waals surface area contributed by atoms with Gasteiger partial charge in [0.15, 0.2) is 0 Å². The molecule has 2 heterocycles. The Morgan fingerprint density at radius 3 is 2.71 bits per heavy atom. The maximum absolute atomic E-state index is 14.0. The van der Waals surface area contributed by atoms with E-state index in [0.717, 1.165) is 44.8 Å². The summed E-state index contributed by atoms with van der Waals surface area (Å²) in [5.74, 6) is 0.726. The van der Waals surface area contributed by atoms with Crippen LogP contribution in [-0.4, -0.2) is 52.6 Å². The van der Waals surface area contributed by atoms with Crippen LogP contribution >= 0.6 is 11.6 Å². The number of hydrogen-bond donors (Lipinski definition) is 0. The maximum Gasteiger partial charge on any atom is 0.261 e. The number of aromatic nitrogens is 2. The van der Waals surface area contributed by atoms with E-state index in [0.29, 0.717) is 23.4 Å². The minimum Gasteiger partial charge on any atom is -0.305 e. The van der Waals surface area contributed by atoms with Crippen molar-refractivity contribution in [3.63, 3.8) is 0 Å². The summed E-state index contributed by atoms with van der Waals surface area (Å²) < 4.78 is 15.8. The molecule has 5 nitrogen and oxygen atoms in total. The third-order valence-electron chi connectivity index (χ3n) is 5.58. The SMILES string of the molecule is CCCC(c1nc2cc(F)c(Cl)cc2c(=O)n1CC)N1CCN(C)C[C@H](C)C1. The molecule has 7 heteroatoms. The molecule has 1 aromatic carbocycles. The van der Waals surface area contributed by atoms with E-state index in [2.05, 4.69) is 30.7 Å². The molecule has 0 aliphatic carbocycles. The van der Waals surface area contributed by atoms with Crippen LogP contribution in [-0.2, 0) is 6.54 Å². The number of benzene rings is 1. The zero-order chi connectivity index (χ0) is 20.4. The summed E-state index contributed by atoms with van der Waals surface area (Å²) in [6, 6.07) is 2.72. The second-order valence-corrected chi connectivity index (χ2v) is 8.38. The van der Waals surface area contributed by atoms with Gasteiger partial charge in [-0.3, -0.25) is 14.3 Å². The second kappa shape index (κ2) is 8.89. The third-order valence-corrected chi connectivity index (χ3v) is 5.87. The Balaban J connectivity index is 2.14. The lowest BCUT2D eigenvalue weighted by atomic mass is 10.1. The van der Waals surface area contributed by atoms with Gasteiger partial charge in [-0.25, -0.2) is 9.37 Å². The zero-order valence-corrected chi connectivity index (χ0v) is 18.0. The van der Waals surface area contributed by atoms with Crippen molar-refractivity contribution in [3.05, 3.63) is 39.2 Å². The topological polar surface area (TPSA) is 41.4 Å². The van der Waals surface area contributed by atoms with Crippen molar-refractivity contribution in [1.29, 1.82) is 0 Å². The fourth-order valence-corrected chi connectivity index (χ4v) is 4.46. The van der Waals surface area contributed by atoms with Crippen LogP contribution in [0, 0.1) is 11.7 Å². The van der Waals surface area contributed by atoms with Crippen molar-refractivity contribution >= 4 is 22.5 Å². The number of hydrogen-bond acceptors (Lipinski definition) is 4. The van der Waals surface area contributed by atoms with Gasteiger partial charge in [0, 0.05) is 38.8 Å². The molecule has 28 heavy (non-hydrogen) atoms. The van der Waals surface area contributed by atoms with Gasteiger partial charge in [-0.2, -0.15) is 0 Å². The van der Waals surface area contributed by atoms with Gasteiger partial charge in [-0.05, 0) is 32.4 Å². The Morgan fingerprint density at radius 1 is 1.29 bits per heavy atom. The van der Waals surface area contributed by atoms with Gasteiger partial charge in [0.25, 0.3) is 5.56 Å². The van der Waals surface area contributed by atoms with Crippen LogP contribution < -0.4 is 5.56 Å². The van der Waals surface area contributed by atoms with Crippen molar-refractivity contribution < 1.29 is 4.39 Å². The standard InChI is InChI=1S/C21H30ClFN4O/c1-5-7-19(26-9-8-25(4)12-14(3)13-26)20-24-18-11-17(23)16(22)10-15(18)21(28)27(20)6-2/h10-11,14,19H,5-9,12-13H2,1-4H3/t14-,19?/m0/s1. The molecule has 1 aromatic heterocycles. The Labute approximate surface area is 171 Å². The van der Waals surface area contributed by atoms with E-state index in [4.69, 9.17) is 16.6 Å². The van der Waals surface area contributed by atoms with Gasteiger partial charge >= 0.3 is 0 Å². The summed E-state index contributed by atoms with van der Waals surface area (Å²) in [6.45, 7) is 10.8. The predicted molar refractivity (Wildman–Crippen MR) is 113 cm³/mol. The van der Waals surface area contributed by atoms with Crippen LogP contribution in [0.3, 0.4) is 0 Å². The number of likely N-dealkylation sites (N-methyl/N-ethyl adjacent to an activating group) is 1. The van der Waals surface area contributed by atoms with E-state index in [1.165, 1.54) is 12.1 Å². The van der Waals surface area contributed by atoms with Gasteiger partial charge in [-0.15, -0.1) is 0 Å². The largest absolute Gasteiger partial charge is 0.305 e. The summed E-state index contributed by atoms with van der Waals surface area (Å²) >= 11 is 5.91. The van der Waals surface area contributed by atoms with Crippen LogP contribution in [0.25, 0.3) is 10.9 Å². The lowest BCUT2D eigenvalue weighted by Crippen LogP contribution is -2.38. The molecule has 0 radical (unpaired) electrons. The average Bonchev–Trinajstić information content (AvgIpc) is 2.81. The number of nitrogens with zero attached hydrogens (tertiary/aromatic N) is 4. The van der Waals surface area contributed by atoms with E-state index in [1.807, 2.05) is 6.92 Å². The molecule has 2 atom stereocenters. The average molecular weight is 409 g/mol. The van der Waals surface area contributed by atoms with Crippen LogP contribution in [0.15, 0.2) is 16.9 Å². The first-order valence-electron chi connectivity index (χ1n) is 10.2. The van der Waals surface area contributed by atoms with E-state index in [9.17, 15) is 9.18 Å². The van der Waals surface area contributed by atoms with Crippen LogP contribution in [0.2, 0.25) is 5.02 Å². The predicted octanol–water partition coefficient (Wildman–Crippen LogP) is 3.93. The van der Waals surface area contributed by atoms with Crippen LogP contribution in [0.1, 0.15) is 45.5 Å². The molecular weight excluding hydrogens is 379 g/mol. The van der Waals surface area contributed by atoms with Crippen molar-refractivity contribution in [1.82, 2.24) is 19.4 Å². The molecule has 0 saturated carbocycles. The van der Waals surface area contributed by atoms with Crippen molar-refractivity contribution in [3.8, 4) is 0 Å². The first kappa shape index (κ1) is 21.2. The monoisotopic (exact) mass is 408 g/mol. The molecule has 1 unspecified atom stereocenters. The molecule has 3 rings (SSSR count). The summed E-state index contributed by atoms with van der Waals surface area (Å²) in [6.07, 6.45) is 1.89. The van der Waals surface area contributed by atoms with Crippen molar-refractivity contribution in [2.45, 2.75) is 46.2 Å². The number of rotatable bonds is 5. The van der Waals surface area contributed by atoms with Crippen LogP contribution in [0.5, 0.6) is 0 Å². The van der Waals surface area contributed by atoms with Gasteiger partial charge < -0.3 is 4.90 Å². The molecule has 0 spiro atoms. The lowest BCUT2D eigenvalue weighted by molar-refractivity contribution is 0.167. The summed E-state index contributed by atoms with van der Waals surface area (Å²) in [7, 11) is 2.15. The van der Waals surface area contributed by atoms with Crippen molar-refractivity contribution in [2.24, 2.45) is 5.92 Å². The molecule has 0 N–H and O–H groups in total. The molecular formula is C21H30ClFN4O. The highest BCUT2D eigenvalue weighted by atomic mass is 35.5. The Hall–Kier alpha value is -1.50. The minimum atomic E-state index is -0.543. The van der Waals surface area contributed by atoms with Gasteiger partial charge in [0.2, 0.25) is 0 Å². The maximum atomic E-state index is 14.0. The summed E-state index contributed by atoms with van der Waals surface area (Å²) in [5.41, 5.74) is 0.234. The summed E-state index contributed by atoms with van der Waals surface area (Å²) in [4.78, 5) is 22.7. The number of fused-ring (bicyclic) bond motifs is 1. The normalized spacial score (nSPS) is 20.4. The molecule has 154 valence electrons. The molecule has 2 aromatic rings.